The molecule has 1 aliphatic heterocycles. The highest BCUT2D eigenvalue weighted by Gasteiger charge is 2.27. The standard InChI is InChI=1S/C12H13BrFNO3/c1-15-12(16)18-6-10-11-7(4-5-17-10)8(13)2-3-9(11)14/h2-3,10H,4-6H2,1H3,(H,15,16). The van der Waals surface area contributed by atoms with Crippen LogP contribution in [-0.4, -0.2) is 26.4 Å². The minimum atomic E-state index is -0.555. The predicted octanol–water partition coefficient (Wildman–Crippen LogP) is 2.56. The van der Waals surface area contributed by atoms with E-state index >= 15 is 0 Å². The van der Waals surface area contributed by atoms with E-state index in [1.165, 1.54) is 13.1 Å². The Bertz CT molecular complexity index is 467. The molecule has 4 nitrogen and oxygen atoms in total. The molecular formula is C12H13BrFNO3. The van der Waals surface area contributed by atoms with Crippen molar-refractivity contribution in [2.45, 2.75) is 12.5 Å². The van der Waals surface area contributed by atoms with Gasteiger partial charge < -0.3 is 14.8 Å². The second kappa shape index (κ2) is 5.67. The smallest absolute Gasteiger partial charge is 0.406 e. The van der Waals surface area contributed by atoms with Gasteiger partial charge in [0.15, 0.2) is 0 Å². The molecule has 2 rings (SSSR count). The van der Waals surface area contributed by atoms with E-state index in [-0.39, 0.29) is 12.4 Å². The van der Waals surface area contributed by atoms with E-state index in [1.807, 2.05) is 0 Å². The fraction of sp³-hybridized carbons (Fsp3) is 0.417. The Morgan fingerprint density at radius 3 is 3.17 bits per heavy atom. The molecule has 98 valence electrons. The van der Waals surface area contributed by atoms with Gasteiger partial charge in [0.05, 0.1) is 6.61 Å². The zero-order chi connectivity index (χ0) is 13.1. The minimum absolute atomic E-state index is 0.0000463. The largest absolute Gasteiger partial charge is 0.446 e. The lowest BCUT2D eigenvalue weighted by Gasteiger charge is -2.26. The van der Waals surface area contributed by atoms with Crippen LogP contribution in [0.25, 0.3) is 0 Å². The molecule has 18 heavy (non-hydrogen) atoms. The second-order valence-electron chi connectivity index (χ2n) is 3.88. The molecule has 1 amide bonds. The Kier molecular flexibility index (Phi) is 4.19. The van der Waals surface area contributed by atoms with Crippen molar-refractivity contribution < 1.29 is 18.7 Å². The molecule has 1 N–H and O–H groups in total. The molecule has 6 heteroatoms. The molecule has 0 aromatic heterocycles. The number of benzene rings is 1. The Hall–Kier alpha value is -1.14. The van der Waals surface area contributed by atoms with Gasteiger partial charge in [-0.2, -0.15) is 0 Å². The van der Waals surface area contributed by atoms with Crippen LogP contribution in [0.15, 0.2) is 16.6 Å². The third kappa shape index (κ3) is 2.64. The third-order valence-corrected chi connectivity index (χ3v) is 3.55. The van der Waals surface area contributed by atoms with Crippen molar-refractivity contribution in [2.24, 2.45) is 0 Å². The van der Waals surface area contributed by atoms with Crippen LogP contribution in [-0.2, 0) is 15.9 Å². The number of halogens is 2. The van der Waals surface area contributed by atoms with Crippen molar-refractivity contribution in [3.05, 3.63) is 33.5 Å². The van der Waals surface area contributed by atoms with Crippen LogP contribution in [0.4, 0.5) is 9.18 Å². The molecule has 1 atom stereocenters. The normalized spacial score (nSPS) is 18.1. The predicted molar refractivity (Wildman–Crippen MR) is 66.9 cm³/mol. The molecule has 0 bridgehead atoms. The van der Waals surface area contributed by atoms with Gasteiger partial charge in [-0.1, -0.05) is 15.9 Å². The maximum atomic E-state index is 13.9. The molecule has 1 heterocycles. The molecule has 0 fully saturated rings. The van der Waals surface area contributed by atoms with Crippen molar-refractivity contribution in [1.29, 1.82) is 0 Å². The van der Waals surface area contributed by atoms with E-state index in [4.69, 9.17) is 9.47 Å². The SMILES string of the molecule is CNC(=O)OCC1OCCc2c(Br)ccc(F)c21. The van der Waals surface area contributed by atoms with Gasteiger partial charge in [-0.3, -0.25) is 0 Å². The number of carbonyl (C=O) groups excluding carboxylic acids is 1. The molecule has 0 saturated heterocycles. The highest BCUT2D eigenvalue weighted by Crippen LogP contribution is 2.34. The van der Waals surface area contributed by atoms with Crippen LogP contribution in [0, 0.1) is 5.82 Å². The van der Waals surface area contributed by atoms with Crippen LogP contribution in [0.1, 0.15) is 17.2 Å². The van der Waals surface area contributed by atoms with E-state index in [0.29, 0.717) is 18.6 Å². The molecular weight excluding hydrogens is 305 g/mol. The molecule has 0 spiro atoms. The van der Waals surface area contributed by atoms with Gasteiger partial charge in [0.2, 0.25) is 0 Å². The number of carbonyl (C=O) groups is 1. The van der Waals surface area contributed by atoms with Gasteiger partial charge in [0.1, 0.15) is 18.5 Å². The van der Waals surface area contributed by atoms with Crippen molar-refractivity contribution in [3.63, 3.8) is 0 Å². The first-order chi connectivity index (χ1) is 8.63. The molecule has 1 aliphatic rings. The molecule has 0 radical (unpaired) electrons. The molecule has 1 aromatic rings. The maximum absolute atomic E-state index is 13.9. The van der Waals surface area contributed by atoms with Gasteiger partial charge in [-0.15, -0.1) is 0 Å². The fourth-order valence-corrected chi connectivity index (χ4v) is 2.50. The minimum Gasteiger partial charge on any atom is -0.446 e. The molecule has 1 unspecified atom stereocenters. The van der Waals surface area contributed by atoms with Gasteiger partial charge in [0, 0.05) is 17.1 Å². The van der Waals surface area contributed by atoms with E-state index in [2.05, 4.69) is 21.2 Å². The Morgan fingerprint density at radius 2 is 2.44 bits per heavy atom. The number of ether oxygens (including phenoxy) is 2. The second-order valence-corrected chi connectivity index (χ2v) is 4.73. The topological polar surface area (TPSA) is 47.6 Å². The fourth-order valence-electron chi connectivity index (χ4n) is 1.95. The molecule has 0 aliphatic carbocycles. The Morgan fingerprint density at radius 1 is 1.67 bits per heavy atom. The van der Waals surface area contributed by atoms with Crippen molar-refractivity contribution in [1.82, 2.24) is 5.32 Å². The lowest BCUT2D eigenvalue weighted by Crippen LogP contribution is -2.26. The summed E-state index contributed by atoms with van der Waals surface area (Å²) < 4.78 is 25.1. The molecule has 0 saturated carbocycles. The van der Waals surface area contributed by atoms with E-state index in [9.17, 15) is 9.18 Å². The highest BCUT2D eigenvalue weighted by molar-refractivity contribution is 9.10. The summed E-state index contributed by atoms with van der Waals surface area (Å²) in [5.41, 5.74) is 1.35. The van der Waals surface area contributed by atoms with Crippen LogP contribution in [0.5, 0.6) is 0 Å². The summed E-state index contributed by atoms with van der Waals surface area (Å²) >= 11 is 3.40. The first-order valence-electron chi connectivity index (χ1n) is 5.56. The Labute approximate surface area is 113 Å². The summed E-state index contributed by atoms with van der Waals surface area (Å²) in [6, 6.07) is 3.06. The summed E-state index contributed by atoms with van der Waals surface area (Å²) in [6.45, 7) is 0.483. The number of alkyl carbamates (subject to hydrolysis) is 1. The summed E-state index contributed by atoms with van der Waals surface area (Å²) in [4.78, 5) is 11.0. The van der Waals surface area contributed by atoms with Crippen LogP contribution in [0.3, 0.4) is 0 Å². The Balaban J connectivity index is 2.22. The van der Waals surface area contributed by atoms with Gasteiger partial charge in [-0.05, 0) is 24.1 Å². The van der Waals surface area contributed by atoms with E-state index in [1.54, 1.807) is 6.07 Å². The monoisotopic (exact) mass is 317 g/mol. The van der Waals surface area contributed by atoms with Crippen molar-refractivity contribution in [3.8, 4) is 0 Å². The quantitative estimate of drug-likeness (QED) is 0.912. The van der Waals surface area contributed by atoms with Gasteiger partial charge in [0.25, 0.3) is 0 Å². The number of nitrogens with one attached hydrogen (secondary N) is 1. The van der Waals surface area contributed by atoms with E-state index in [0.717, 1.165) is 10.0 Å². The molecule has 1 aromatic carbocycles. The van der Waals surface area contributed by atoms with Crippen molar-refractivity contribution >= 4 is 22.0 Å². The first kappa shape index (κ1) is 13.3. The number of hydrogen-bond acceptors (Lipinski definition) is 3. The van der Waals surface area contributed by atoms with Crippen LogP contribution < -0.4 is 5.32 Å². The number of rotatable bonds is 2. The first-order valence-corrected chi connectivity index (χ1v) is 6.35. The van der Waals surface area contributed by atoms with Crippen LogP contribution in [0.2, 0.25) is 0 Å². The number of fused-ring (bicyclic) bond motifs is 1. The summed E-state index contributed by atoms with van der Waals surface area (Å²) in [7, 11) is 1.47. The number of hydrogen-bond donors (Lipinski definition) is 1. The average molecular weight is 318 g/mol. The summed E-state index contributed by atoms with van der Waals surface area (Å²) in [6.07, 6.45) is -0.464. The zero-order valence-corrected chi connectivity index (χ0v) is 11.4. The zero-order valence-electron chi connectivity index (χ0n) is 9.83. The summed E-state index contributed by atoms with van der Waals surface area (Å²) in [5, 5.41) is 2.33. The third-order valence-electron chi connectivity index (χ3n) is 2.81. The van der Waals surface area contributed by atoms with Crippen molar-refractivity contribution in [2.75, 3.05) is 20.3 Å². The number of amides is 1. The van der Waals surface area contributed by atoms with Gasteiger partial charge in [-0.25, -0.2) is 9.18 Å². The van der Waals surface area contributed by atoms with E-state index < -0.39 is 12.2 Å². The lowest BCUT2D eigenvalue weighted by molar-refractivity contribution is -0.00592. The van der Waals surface area contributed by atoms with Gasteiger partial charge >= 0.3 is 6.09 Å². The average Bonchev–Trinajstić information content (AvgIpc) is 2.40. The highest BCUT2D eigenvalue weighted by atomic mass is 79.9. The maximum Gasteiger partial charge on any atom is 0.406 e. The summed E-state index contributed by atoms with van der Waals surface area (Å²) in [5.74, 6) is -0.335. The lowest BCUT2D eigenvalue weighted by atomic mass is 9.97. The van der Waals surface area contributed by atoms with Crippen LogP contribution >= 0.6 is 15.9 Å².